The Balaban J connectivity index is 0.00000208. The second-order valence-electron chi connectivity index (χ2n) is 6.36. The van der Waals surface area contributed by atoms with Crippen molar-refractivity contribution in [3.8, 4) is 0 Å². The van der Waals surface area contributed by atoms with Gasteiger partial charge in [0, 0.05) is 42.0 Å². The first kappa shape index (κ1) is 19.4. The Morgan fingerprint density at radius 2 is 2.17 bits per heavy atom. The number of thioether (sulfide) groups is 1. The van der Waals surface area contributed by atoms with Crippen LogP contribution in [0.5, 0.6) is 0 Å². The van der Waals surface area contributed by atoms with E-state index in [9.17, 15) is 0 Å². The summed E-state index contributed by atoms with van der Waals surface area (Å²) in [6, 6.07) is 8.45. The number of aromatic nitrogens is 1. The van der Waals surface area contributed by atoms with Crippen LogP contribution in [0.3, 0.4) is 0 Å². The van der Waals surface area contributed by atoms with Crippen molar-refractivity contribution in [1.82, 2.24) is 15.6 Å². The van der Waals surface area contributed by atoms with Gasteiger partial charge in [-0.05, 0) is 43.6 Å². The van der Waals surface area contributed by atoms with Gasteiger partial charge in [-0.2, -0.15) is 11.8 Å². The molecule has 132 valence electrons. The molecule has 1 aromatic carbocycles. The Labute approximate surface area is 165 Å². The minimum absolute atomic E-state index is 0. The molecule has 6 heteroatoms. The van der Waals surface area contributed by atoms with Gasteiger partial charge in [0.25, 0.3) is 0 Å². The zero-order chi connectivity index (χ0) is 16.1. The fraction of sp³-hybridized carbons (Fsp3) is 0.500. The van der Waals surface area contributed by atoms with Crippen LogP contribution in [0.15, 0.2) is 35.5 Å². The molecule has 0 amide bonds. The van der Waals surface area contributed by atoms with Crippen molar-refractivity contribution in [3.63, 3.8) is 0 Å². The molecule has 24 heavy (non-hydrogen) atoms. The Hall–Kier alpha value is -0.890. The summed E-state index contributed by atoms with van der Waals surface area (Å²) >= 11 is 2.07. The van der Waals surface area contributed by atoms with Crippen molar-refractivity contribution in [1.29, 1.82) is 0 Å². The first-order valence-corrected chi connectivity index (χ1v) is 9.32. The molecule has 3 N–H and O–H groups in total. The minimum atomic E-state index is 0. The number of hydrogen-bond acceptors (Lipinski definition) is 2. The molecule has 2 heterocycles. The highest BCUT2D eigenvalue weighted by atomic mass is 127. The van der Waals surface area contributed by atoms with Crippen LogP contribution in [-0.4, -0.2) is 41.6 Å². The van der Waals surface area contributed by atoms with E-state index in [2.05, 4.69) is 69.8 Å². The number of guanidine groups is 1. The first-order chi connectivity index (χ1) is 11.2. The minimum Gasteiger partial charge on any atom is -0.361 e. The molecule has 0 spiro atoms. The molecule has 0 aliphatic carbocycles. The molecule has 3 rings (SSSR count). The van der Waals surface area contributed by atoms with Crippen LogP contribution in [-0.2, 0) is 6.42 Å². The summed E-state index contributed by atoms with van der Waals surface area (Å²) in [5, 5.41) is 8.22. The molecule has 1 unspecified atom stereocenters. The summed E-state index contributed by atoms with van der Waals surface area (Å²) < 4.78 is 0.356. The van der Waals surface area contributed by atoms with Crippen molar-refractivity contribution in [2.75, 3.05) is 25.9 Å². The third-order valence-corrected chi connectivity index (χ3v) is 6.05. The van der Waals surface area contributed by atoms with E-state index < -0.39 is 0 Å². The number of rotatable bonds is 5. The highest BCUT2D eigenvalue weighted by Crippen LogP contribution is 2.36. The maximum Gasteiger partial charge on any atom is 0.191 e. The summed E-state index contributed by atoms with van der Waals surface area (Å²) in [6.07, 6.45) is 5.71. The fourth-order valence-corrected chi connectivity index (χ4v) is 4.37. The van der Waals surface area contributed by atoms with E-state index >= 15 is 0 Å². The van der Waals surface area contributed by atoms with Crippen molar-refractivity contribution in [3.05, 3.63) is 36.0 Å². The van der Waals surface area contributed by atoms with E-state index in [4.69, 9.17) is 0 Å². The molecular formula is C18H27IN4S. The molecule has 1 fully saturated rings. The third kappa shape index (κ3) is 4.81. The standard InChI is InChI=1S/C18H26N4S.HI/c1-18(9-5-11-23-18)13-22-17(19-2)20-10-8-14-12-21-16-7-4-3-6-15(14)16;/h3-4,6-7,12,21H,5,8-11,13H2,1-2H3,(H2,19,20,22);1H. The van der Waals surface area contributed by atoms with Crippen molar-refractivity contribution < 1.29 is 0 Å². The number of aliphatic imine (C=N–C) groups is 1. The van der Waals surface area contributed by atoms with Crippen LogP contribution < -0.4 is 10.6 Å². The fourth-order valence-electron chi connectivity index (χ4n) is 3.12. The summed E-state index contributed by atoms with van der Waals surface area (Å²) in [4.78, 5) is 7.67. The molecule has 0 bridgehead atoms. The van der Waals surface area contributed by atoms with Gasteiger partial charge in [-0.3, -0.25) is 4.99 Å². The van der Waals surface area contributed by atoms with Crippen LogP contribution >= 0.6 is 35.7 Å². The SMILES string of the molecule is CN=C(NCCc1c[nH]c2ccccc12)NCC1(C)CCCS1.I. The molecular weight excluding hydrogens is 431 g/mol. The summed E-state index contributed by atoms with van der Waals surface area (Å²) in [7, 11) is 1.84. The van der Waals surface area contributed by atoms with Gasteiger partial charge in [-0.25, -0.2) is 0 Å². The van der Waals surface area contributed by atoms with E-state index in [0.717, 1.165) is 25.5 Å². The molecule has 1 aromatic heterocycles. The molecule has 4 nitrogen and oxygen atoms in total. The van der Waals surface area contributed by atoms with Gasteiger partial charge >= 0.3 is 0 Å². The number of H-pyrrole nitrogens is 1. The van der Waals surface area contributed by atoms with Crippen LogP contribution in [0.25, 0.3) is 10.9 Å². The van der Waals surface area contributed by atoms with Gasteiger partial charge in [0.05, 0.1) is 0 Å². The van der Waals surface area contributed by atoms with Gasteiger partial charge in [0.15, 0.2) is 5.96 Å². The lowest BCUT2D eigenvalue weighted by molar-refractivity contribution is 0.584. The Morgan fingerprint density at radius 3 is 2.92 bits per heavy atom. The first-order valence-electron chi connectivity index (χ1n) is 8.34. The van der Waals surface area contributed by atoms with Crippen molar-refractivity contribution in [2.45, 2.75) is 30.9 Å². The van der Waals surface area contributed by atoms with Crippen molar-refractivity contribution >= 4 is 52.6 Å². The van der Waals surface area contributed by atoms with Gasteiger partial charge < -0.3 is 15.6 Å². The zero-order valence-electron chi connectivity index (χ0n) is 14.4. The number of nitrogens with zero attached hydrogens (tertiary/aromatic N) is 1. The Bertz CT molecular complexity index is 676. The summed E-state index contributed by atoms with van der Waals surface area (Å²) in [5.74, 6) is 2.18. The maximum absolute atomic E-state index is 4.34. The van der Waals surface area contributed by atoms with E-state index in [-0.39, 0.29) is 24.0 Å². The highest BCUT2D eigenvalue weighted by Gasteiger charge is 2.29. The summed E-state index contributed by atoms with van der Waals surface area (Å²) in [6.45, 7) is 4.20. The number of para-hydroxylation sites is 1. The lowest BCUT2D eigenvalue weighted by Crippen LogP contribution is -2.44. The molecule has 0 saturated carbocycles. The number of fused-ring (bicyclic) bond motifs is 1. The number of nitrogens with one attached hydrogen (secondary N) is 3. The highest BCUT2D eigenvalue weighted by molar-refractivity contribution is 14.0. The topological polar surface area (TPSA) is 52.2 Å². The quantitative estimate of drug-likeness (QED) is 0.363. The van der Waals surface area contributed by atoms with E-state index in [1.165, 1.54) is 35.1 Å². The van der Waals surface area contributed by atoms with E-state index in [1.807, 2.05) is 7.05 Å². The largest absolute Gasteiger partial charge is 0.361 e. The van der Waals surface area contributed by atoms with E-state index in [1.54, 1.807) is 0 Å². The molecule has 1 atom stereocenters. The average Bonchev–Trinajstić information content (AvgIpc) is 3.18. The lowest BCUT2D eigenvalue weighted by atomic mass is 10.1. The predicted octanol–water partition coefficient (Wildman–Crippen LogP) is 3.78. The Morgan fingerprint density at radius 1 is 1.33 bits per heavy atom. The van der Waals surface area contributed by atoms with Crippen LogP contribution in [0.2, 0.25) is 0 Å². The van der Waals surface area contributed by atoms with E-state index in [0.29, 0.717) is 4.75 Å². The second-order valence-corrected chi connectivity index (χ2v) is 8.05. The molecule has 0 radical (unpaired) electrons. The van der Waals surface area contributed by atoms with Crippen LogP contribution in [0.4, 0.5) is 0 Å². The van der Waals surface area contributed by atoms with Crippen LogP contribution in [0.1, 0.15) is 25.3 Å². The predicted molar refractivity (Wildman–Crippen MR) is 117 cm³/mol. The second kappa shape index (κ2) is 8.99. The normalized spacial score (nSPS) is 20.8. The molecule has 1 aliphatic heterocycles. The van der Waals surface area contributed by atoms with Crippen molar-refractivity contribution in [2.24, 2.45) is 4.99 Å². The molecule has 2 aromatic rings. The number of hydrogen-bond donors (Lipinski definition) is 3. The third-order valence-electron chi connectivity index (χ3n) is 4.52. The van der Waals surface area contributed by atoms with Gasteiger partial charge in [0.2, 0.25) is 0 Å². The van der Waals surface area contributed by atoms with Crippen LogP contribution in [0, 0.1) is 0 Å². The number of halogens is 1. The Kier molecular flexibility index (Phi) is 7.28. The molecule has 1 aliphatic rings. The number of benzene rings is 1. The monoisotopic (exact) mass is 458 g/mol. The smallest absolute Gasteiger partial charge is 0.191 e. The number of aromatic amines is 1. The zero-order valence-corrected chi connectivity index (χ0v) is 17.5. The average molecular weight is 458 g/mol. The van der Waals surface area contributed by atoms with Gasteiger partial charge in [-0.15, -0.1) is 24.0 Å². The molecule has 1 saturated heterocycles. The maximum atomic E-state index is 4.34. The van der Waals surface area contributed by atoms with Gasteiger partial charge in [0.1, 0.15) is 0 Å². The lowest BCUT2D eigenvalue weighted by Gasteiger charge is -2.24. The van der Waals surface area contributed by atoms with Gasteiger partial charge in [-0.1, -0.05) is 18.2 Å². The summed E-state index contributed by atoms with van der Waals surface area (Å²) in [5.41, 5.74) is 2.55.